The number of aldehydes is 1. The van der Waals surface area contributed by atoms with Crippen molar-refractivity contribution in [3.63, 3.8) is 0 Å². The molecular formula is C5H8BNO2. The van der Waals surface area contributed by atoms with Crippen molar-refractivity contribution in [2.75, 3.05) is 0 Å². The molecule has 3 nitrogen and oxygen atoms in total. The molecule has 48 valence electrons. The van der Waals surface area contributed by atoms with Gasteiger partial charge in [-0.1, -0.05) is 6.92 Å². The fraction of sp³-hybridized carbons (Fsp3) is 0.600. The van der Waals surface area contributed by atoms with E-state index in [-0.39, 0.29) is 5.91 Å². The highest BCUT2D eigenvalue weighted by Crippen LogP contribution is 1.75. The summed E-state index contributed by atoms with van der Waals surface area (Å²) in [6.45, 7) is 1.69. The van der Waals surface area contributed by atoms with Gasteiger partial charge in [0.25, 0.3) is 0 Å². The van der Waals surface area contributed by atoms with Gasteiger partial charge in [0.15, 0.2) is 0 Å². The minimum absolute atomic E-state index is 0.213. The number of rotatable bonds is 3. The second kappa shape index (κ2) is 4.12. The van der Waals surface area contributed by atoms with Crippen molar-refractivity contribution >= 4 is 20.0 Å². The molecule has 0 fully saturated rings. The Morgan fingerprint density at radius 1 is 1.89 bits per heavy atom. The van der Waals surface area contributed by atoms with Gasteiger partial charge in [-0.25, -0.2) is 0 Å². The van der Waals surface area contributed by atoms with Crippen molar-refractivity contribution in [3.05, 3.63) is 0 Å². The van der Waals surface area contributed by atoms with Crippen LogP contribution in [0.1, 0.15) is 13.3 Å². The molecule has 0 aliphatic rings. The highest BCUT2D eigenvalue weighted by atomic mass is 16.2. The molecule has 0 spiro atoms. The largest absolute Gasteiger partial charge is 0.355 e. The Morgan fingerprint density at radius 3 is 2.78 bits per heavy atom. The third-order valence-corrected chi connectivity index (χ3v) is 0.795. The molecule has 0 aromatic carbocycles. The fourth-order valence-corrected chi connectivity index (χ4v) is 0.322. The van der Waals surface area contributed by atoms with Crippen LogP contribution in [0.4, 0.5) is 0 Å². The quantitative estimate of drug-likeness (QED) is 0.396. The lowest BCUT2D eigenvalue weighted by molar-refractivity contribution is -0.122. The van der Waals surface area contributed by atoms with Gasteiger partial charge in [0.2, 0.25) is 5.91 Å². The molecule has 1 N–H and O–H groups in total. The van der Waals surface area contributed by atoms with Crippen LogP contribution in [0.2, 0.25) is 0 Å². The lowest BCUT2D eigenvalue weighted by Gasteiger charge is -2.03. The van der Waals surface area contributed by atoms with Crippen LogP contribution in [-0.2, 0) is 9.59 Å². The minimum atomic E-state index is -0.850. The lowest BCUT2D eigenvalue weighted by atomic mass is 9.98. The Balaban J connectivity index is 3.46. The van der Waals surface area contributed by atoms with Gasteiger partial charge < -0.3 is 10.1 Å². The molecule has 0 aliphatic heterocycles. The molecule has 1 amide bonds. The number of hydrogen-bond donors (Lipinski definition) is 1. The Hall–Kier alpha value is -0.795. The van der Waals surface area contributed by atoms with Crippen LogP contribution >= 0.6 is 0 Å². The lowest BCUT2D eigenvalue weighted by Crippen LogP contribution is -2.35. The summed E-state index contributed by atoms with van der Waals surface area (Å²) in [5, 5.41) is 2.25. The topological polar surface area (TPSA) is 46.2 Å². The molecule has 0 heterocycles. The molecular weight excluding hydrogens is 117 g/mol. The van der Waals surface area contributed by atoms with E-state index < -0.39 is 5.94 Å². The Bertz CT molecular complexity index is 116. The number of nitrogens with one attached hydrogen (secondary N) is 1. The third-order valence-electron chi connectivity index (χ3n) is 0.795. The molecule has 0 aromatic heterocycles. The van der Waals surface area contributed by atoms with Gasteiger partial charge in [-0.2, -0.15) is 0 Å². The zero-order valence-electron chi connectivity index (χ0n) is 5.26. The van der Waals surface area contributed by atoms with Crippen LogP contribution in [0.5, 0.6) is 0 Å². The second-order valence-electron chi connectivity index (χ2n) is 1.58. The summed E-state index contributed by atoms with van der Waals surface area (Å²) in [4.78, 5) is 20.2. The molecule has 0 rings (SSSR count). The first kappa shape index (κ1) is 8.20. The minimum Gasteiger partial charge on any atom is -0.355 e. The number of amides is 1. The molecule has 0 saturated carbocycles. The van der Waals surface area contributed by atoms with E-state index in [0.717, 1.165) is 0 Å². The molecule has 9 heavy (non-hydrogen) atoms. The van der Waals surface area contributed by atoms with Gasteiger partial charge in [0.1, 0.15) is 14.1 Å². The van der Waals surface area contributed by atoms with Crippen molar-refractivity contribution in [2.45, 2.75) is 19.3 Å². The molecule has 4 heteroatoms. The smallest absolute Gasteiger partial charge is 0.219 e. The highest BCUT2D eigenvalue weighted by Gasteiger charge is 2.00. The number of carbonyl (C=O) groups excluding carboxylic acids is 2. The standard InChI is InChI=1S/C5H8BNO2/c1-2-5(9)7-4(6)3-8/h3-4H,2H2,1H3,(H,7,9). The normalized spacial score (nSPS) is 12.1. The highest BCUT2D eigenvalue weighted by molar-refractivity contribution is 6.21. The molecule has 1 unspecified atom stereocenters. The number of carbonyl (C=O) groups is 2. The monoisotopic (exact) mass is 125 g/mol. The predicted octanol–water partition coefficient (Wildman–Crippen LogP) is -0.794. The van der Waals surface area contributed by atoms with Crippen LogP contribution in [0.15, 0.2) is 0 Å². The zero-order valence-corrected chi connectivity index (χ0v) is 5.26. The summed E-state index contributed by atoms with van der Waals surface area (Å²) < 4.78 is 0. The molecule has 0 saturated heterocycles. The van der Waals surface area contributed by atoms with E-state index in [1.807, 2.05) is 0 Å². The average Bonchev–Trinajstić information content (AvgIpc) is 1.87. The molecule has 0 bridgehead atoms. The maximum atomic E-state index is 10.4. The first-order valence-electron chi connectivity index (χ1n) is 2.71. The van der Waals surface area contributed by atoms with Crippen molar-refractivity contribution in [2.24, 2.45) is 0 Å². The van der Waals surface area contributed by atoms with E-state index in [4.69, 9.17) is 7.85 Å². The first-order valence-corrected chi connectivity index (χ1v) is 2.71. The van der Waals surface area contributed by atoms with Crippen LogP contribution in [0, 0.1) is 0 Å². The van der Waals surface area contributed by atoms with Crippen LogP contribution < -0.4 is 5.32 Å². The molecule has 2 radical (unpaired) electrons. The summed E-state index contributed by atoms with van der Waals surface area (Å²) >= 11 is 0. The number of hydrogen-bond acceptors (Lipinski definition) is 2. The van der Waals surface area contributed by atoms with Crippen LogP contribution in [0.3, 0.4) is 0 Å². The summed E-state index contributed by atoms with van der Waals surface area (Å²) in [6, 6.07) is 0. The van der Waals surface area contributed by atoms with Crippen molar-refractivity contribution < 1.29 is 9.59 Å². The van der Waals surface area contributed by atoms with Crippen LogP contribution in [0.25, 0.3) is 0 Å². The van der Waals surface area contributed by atoms with E-state index in [0.29, 0.717) is 12.7 Å². The Morgan fingerprint density at radius 2 is 2.44 bits per heavy atom. The first-order chi connectivity index (χ1) is 4.20. The second-order valence-corrected chi connectivity index (χ2v) is 1.58. The van der Waals surface area contributed by atoms with Gasteiger partial charge in [0, 0.05) is 12.4 Å². The maximum absolute atomic E-state index is 10.4. The Labute approximate surface area is 55.2 Å². The van der Waals surface area contributed by atoms with E-state index in [9.17, 15) is 9.59 Å². The van der Waals surface area contributed by atoms with Gasteiger partial charge in [-0.15, -0.1) is 0 Å². The Kier molecular flexibility index (Phi) is 3.76. The maximum Gasteiger partial charge on any atom is 0.219 e. The summed E-state index contributed by atoms with van der Waals surface area (Å²) in [5.74, 6) is -1.06. The van der Waals surface area contributed by atoms with Gasteiger partial charge in [0.05, 0.1) is 0 Å². The average molecular weight is 125 g/mol. The summed E-state index contributed by atoms with van der Waals surface area (Å²) in [6.07, 6.45) is 0.828. The summed E-state index contributed by atoms with van der Waals surface area (Å²) in [7, 11) is 5.05. The fourth-order valence-electron chi connectivity index (χ4n) is 0.322. The molecule has 0 aliphatic carbocycles. The molecule has 0 aromatic rings. The van der Waals surface area contributed by atoms with Crippen molar-refractivity contribution in [1.82, 2.24) is 5.32 Å². The SMILES string of the molecule is [B]C(C=O)NC(=O)CC. The van der Waals surface area contributed by atoms with Gasteiger partial charge >= 0.3 is 0 Å². The molecule has 1 atom stereocenters. The zero-order chi connectivity index (χ0) is 7.28. The van der Waals surface area contributed by atoms with Crippen molar-refractivity contribution in [3.8, 4) is 0 Å². The van der Waals surface area contributed by atoms with Gasteiger partial charge in [-0.05, 0) is 0 Å². The van der Waals surface area contributed by atoms with E-state index >= 15 is 0 Å². The predicted molar refractivity (Wildman–Crippen MR) is 34.0 cm³/mol. The van der Waals surface area contributed by atoms with Crippen LogP contribution in [-0.4, -0.2) is 26.0 Å². The third kappa shape index (κ3) is 3.76. The van der Waals surface area contributed by atoms with Crippen molar-refractivity contribution in [1.29, 1.82) is 0 Å². The van der Waals surface area contributed by atoms with E-state index in [1.54, 1.807) is 6.92 Å². The van der Waals surface area contributed by atoms with E-state index in [2.05, 4.69) is 5.32 Å². The van der Waals surface area contributed by atoms with E-state index in [1.165, 1.54) is 0 Å². The summed E-state index contributed by atoms with van der Waals surface area (Å²) in [5.41, 5.74) is 0. The van der Waals surface area contributed by atoms with Gasteiger partial charge in [-0.3, -0.25) is 4.79 Å².